The molecule has 0 radical (unpaired) electrons. The fourth-order valence-corrected chi connectivity index (χ4v) is 5.55. The van der Waals surface area contributed by atoms with Gasteiger partial charge in [-0.15, -0.1) is 0 Å². The molecule has 0 saturated carbocycles. The largest absolute Gasteiger partial charge is 0.493 e. The van der Waals surface area contributed by atoms with Gasteiger partial charge in [0.25, 0.3) is 5.91 Å². The number of rotatable bonds is 7. The summed E-state index contributed by atoms with van der Waals surface area (Å²) in [6.45, 7) is 9.03. The molecule has 3 heterocycles. The fraction of sp³-hybridized carbons (Fsp3) is 0.586. The number of likely N-dealkylation sites (tertiary alicyclic amines) is 2. The molecule has 1 atom stereocenters. The average molecular weight is 542 g/mol. The van der Waals surface area contributed by atoms with Crippen LogP contribution in [0.15, 0.2) is 28.7 Å². The van der Waals surface area contributed by atoms with Crippen LogP contribution >= 0.6 is 0 Å². The normalized spacial score (nSPS) is 17.8. The molecule has 10 nitrogen and oxygen atoms in total. The van der Waals surface area contributed by atoms with E-state index in [2.05, 4.69) is 5.32 Å². The maximum Gasteiger partial charge on any atom is 0.306 e. The van der Waals surface area contributed by atoms with E-state index < -0.39 is 17.6 Å². The number of carbonyl (C=O) groups excluding carboxylic acids is 4. The molecule has 1 N–H and O–H groups in total. The minimum atomic E-state index is -0.781. The van der Waals surface area contributed by atoms with Crippen molar-refractivity contribution in [1.82, 2.24) is 15.1 Å². The fourth-order valence-electron chi connectivity index (χ4n) is 5.55. The van der Waals surface area contributed by atoms with Gasteiger partial charge in [0.15, 0.2) is 17.1 Å². The number of carbonyl (C=O) groups is 4. The zero-order valence-corrected chi connectivity index (χ0v) is 23.5. The quantitative estimate of drug-likeness (QED) is 0.533. The molecule has 3 amide bonds. The summed E-state index contributed by atoms with van der Waals surface area (Å²) in [5, 5.41) is 3.53. The Morgan fingerprint density at radius 2 is 1.74 bits per heavy atom. The van der Waals surface area contributed by atoms with Crippen LogP contribution in [-0.4, -0.2) is 78.4 Å². The summed E-state index contributed by atoms with van der Waals surface area (Å²) in [7, 11) is 1.57. The number of ether oxygens (including phenoxy) is 2. The molecule has 2 aliphatic heterocycles. The summed E-state index contributed by atoms with van der Waals surface area (Å²) in [4.78, 5) is 54.2. The molecule has 39 heavy (non-hydrogen) atoms. The first kappa shape index (κ1) is 28.4. The molecule has 1 aromatic heterocycles. The molecule has 2 aromatic rings. The highest BCUT2D eigenvalue weighted by molar-refractivity contribution is 5.97. The van der Waals surface area contributed by atoms with Gasteiger partial charge < -0.3 is 29.0 Å². The number of methoxy groups -OCH3 is 1. The van der Waals surface area contributed by atoms with Crippen molar-refractivity contribution in [3.63, 3.8) is 0 Å². The molecule has 2 aliphatic rings. The number of esters is 1. The van der Waals surface area contributed by atoms with Crippen molar-refractivity contribution in [2.24, 2.45) is 5.41 Å². The van der Waals surface area contributed by atoms with Crippen LogP contribution in [0.2, 0.25) is 0 Å². The highest BCUT2D eigenvalue weighted by Crippen LogP contribution is 2.41. The van der Waals surface area contributed by atoms with E-state index in [-0.39, 0.29) is 41.7 Å². The standard InChI is InChI=1S/C29H39N3O7/c1-19(33)30-21(9-10-24(34)39-28(2,3)4)26(35)32-16-13-29(18-32)11-14-31(15-12-29)27(36)23-17-20-7-6-8-22(37-5)25(20)38-23/h6-8,17,21H,9-16,18H2,1-5H3,(H,30,33). The maximum atomic E-state index is 13.4. The van der Waals surface area contributed by atoms with Crippen molar-refractivity contribution >= 4 is 34.7 Å². The van der Waals surface area contributed by atoms with Gasteiger partial charge in [0, 0.05) is 44.9 Å². The predicted molar refractivity (Wildman–Crippen MR) is 144 cm³/mol. The van der Waals surface area contributed by atoms with Crippen molar-refractivity contribution in [1.29, 1.82) is 0 Å². The average Bonchev–Trinajstić information content (AvgIpc) is 3.49. The van der Waals surface area contributed by atoms with Crippen molar-refractivity contribution in [3.05, 3.63) is 30.0 Å². The number of fused-ring (bicyclic) bond motifs is 1. The van der Waals surface area contributed by atoms with Crippen molar-refractivity contribution < 1.29 is 33.1 Å². The first-order valence-electron chi connectivity index (χ1n) is 13.5. The second-order valence-corrected chi connectivity index (χ2v) is 11.7. The van der Waals surface area contributed by atoms with Crippen LogP contribution in [0.4, 0.5) is 0 Å². The topological polar surface area (TPSA) is 118 Å². The van der Waals surface area contributed by atoms with E-state index in [1.54, 1.807) is 49.8 Å². The van der Waals surface area contributed by atoms with E-state index >= 15 is 0 Å². The summed E-state index contributed by atoms with van der Waals surface area (Å²) in [5.41, 5.74) is -0.128. The van der Waals surface area contributed by atoms with Crippen LogP contribution in [0.5, 0.6) is 5.75 Å². The van der Waals surface area contributed by atoms with Crippen LogP contribution < -0.4 is 10.1 Å². The van der Waals surface area contributed by atoms with Crippen molar-refractivity contribution in [3.8, 4) is 5.75 Å². The Hall–Kier alpha value is -3.56. The molecular formula is C29H39N3O7. The Kier molecular flexibility index (Phi) is 8.23. The SMILES string of the molecule is COc1cccc2cc(C(=O)N3CCC4(CC3)CCN(C(=O)C(CCC(=O)OC(C)(C)C)NC(C)=O)C4)oc12. The minimum absolute atomic E-state index is 0.0394. The number of hydrogen-bond acceptors (Lipinski definition) is 7. The second kappa shape index (κ2) is 11.3. The lowest BCUT2D eigenvalue weighted by Gasteiger charge is -2.39. The number of amides is 3. The van der Waals surface area contributed by atoms with Crippen LogP contribution in [-0.2, 0) is 19.1 Å². The van der Waals surface area contributed by atoms with E-state index in [0.29, 0.717) is 37.5 Å². The molecule has 1 spiro atoms. The third-order valence-electron chi connectivity index (χ3n) is 7.53. The number of furan rings is 1. The molecule has 4 rings (SSSR count). The van der Waals surface area contributed by atoms with E-state index in [1.807, 2.05) is 12.1 Å². The van der Waals surface area contributed by atoms with Crippen molar-refractivity contribution in [2.75, 3.05) is 33.3 Å². The van der Waals surface area contributed by atoms with Gasteiger partial charge in [-0.1, -0.05) is 12.1 Å². The van der Waals surface area contributed by atoms with Crippen molar-refractivity contribution in [2.45, 2.75) is 71.4 Å². The lowest BCUT2D eigenvalue weighted by molar-refractivity contribution is -0.155. The smallest absolute Gasteiger partial charge is 0.306 e. The van der Waals surface area contributed by atoms with E-state index in [9.17, 15) is 19.2 Å². The zero-order chi connectivity index (χ0) is 28.4. The molecule has 2 fully saturated rings. The van der Waals surface area contributed by atoms with Gasteiger partial charge in [-0.25, -0.2) is 0 Å². The Morgan fingerprint density at radius 1 is 1.08 bits per heavy atom. The van der Waals surface area contributed by atoms with Gasteiger partial charge in [-0.05, 0) is 64.0 Å². The van der Waals surface area contributed by atoms with Gasteiger partial charge in [-0.2, -0.15) is 0 Å². The Morgan fingerprint density at radius 3 is 2.36 bits per heavy atom. The Balaban J connectivity index is 1.34. The Labute approximate surface area is 229 Å². The van der Waals surface area contributed by atoms with E-state index in [0.717, 1.165) is 24.6 Å². The third kappa shape index (κ3) is 6.72. The first-order chi connectivity index (χ1) is 18.4. The molecule has 0 aliphatic carbocycles. The highest BCUT2D eigenvalue weighted by Gasteiger charge is 2.44. The minimum Gasteiger partial charge on any atom is -0.493 e. The summed E-state index contributed by atoms with van der Waals surface area (Å²) in [6.07, 6.45) is 2.60. The number of piperidine rings is 1. The predicted octanol–water partition coefficient (Wildman–Crippen LogP) is 3.52. The molecular weight excluding hydrogens is 502 g/mol. The van der Waals surface area contributed by atoms with Crippen LogP contribution in [0.1, 0.15) is 70.4 Å². The van der Waals surface area contributed by atoms with Gasteiger partial charge in [0.1, 0.15) is 11.6 Å². The number of benzene rings is 1. The zero-order valence-electron chi connectivity index (χ0n) is 23.5. The van der Waals surface area contributed by atoms with Gasteiger partial charge in [0.2, 0.25) is 11.8 Å². The van der Waals surface area contributed by atoms with Crippen LogP contribution in [0, 0.1) is 5.41 Å². The molecule has 0 bridgehead atoms. The number of nitrogens with one attached hydrogen (secondary N) is 1. The Bertz CT molecular complexity index is 1240. The number of nitrogens with zero attached hydrogens (tertiary/aromatic N) is 2. The van der Waals surface area contributed by atoms with Gasteiger partial charge in [-0.3, -0.25) is 19.2 Å². The number of para-hydroxylation sites is 1. The molecule has 2 saturated heterocycles. The van der Waals surface area contributed by atoms with Gasteiger partial charge >= 0.3 is 5.97 Å². The molecule has 1 unspecified atom stereocenters. The molecule has 10 heteroatoms. The number of hydrogen-bond donors (Lipinski definition) is 1. The van der Waals surface area contributed by atoms with E-state index in [4.69, 9.17) is 13.9 Å². The first-order valence-corrected chi connectivity index (χ1v) is 13.5. The molecule has 212 valence electrons. The van der Waals surface area contributed by atoms with Gasteiger partial charge in [0.05, 0.1) is 7.11 Å². The third-order valence-corrected chi connectivity index (χ3v) is 7.53. The summed E-state index contributed by atoms with van der Waals surface area (Å²) < 4.78 is 16.6. The summed E-state index contributed by atoms with van der Waals surface area (Å²) in [6, 6.07) is 6.51. The highest BCUT2D eigenvalue weighted by atomic mass is 16.6. The summed E-state index contributed by atoms with van der Waals surface area (Å²) >= 11 is 0. The lowest BCUT2D eigenvalue weighted by atomic mass is 9.77. The summed E-state index contributed by atoms with van der Waals surface area (Å²) in [5.74, 6) is -0.174. The molecule has 1 aromatic carbocycles. The maximum absolute atomic E-state index is 13.4. The van der Waals surface area contributed by atoms with E-state index in [1.165, 1.54) is 6.92 Å². The van der Waals surface area contributed by atoms with Crippen LogP contribution in [0.25, 0.3) is 11.0 Å². The monoisotopic (exact) mass is 541 g/mol. The van der Waals surface area contributed by atoms with Crippen LogP contribution in [0.3, 0.4) is 0 Å². The second-order valence-electron chi connectivity index (χ2n) is 11.7. The lowest BCUT2D eigenvalue weighted by Crippen LogP contribution is -2.49.